The summed E-state index contributed by atoms with van der Waals surface area (Å²) in [5.74, 6) is -0.0343. The van der Waals surface area contributed by atoms with Crippen LogP contribution in [0.4, 0.5) is 0 Å². The van der Waals surface area contributed by atoms with E-state index in [1.54, 1.807) is 27.1 Å². The predicted octanol–water partition coefficient (Wildman–Crippen LogP) is -0.336. The number of aryl methyl sites for hydroxylation is 1. The summed E-state index contributed by atoms with van der Waals surface area (Å²) in [6.45, 7) is 3.37. The van der Waals surface area contributed by atoms with Gasteiger partial charge in [0, 0.05) is 7.05 Å². The van der Waals surface area contributed by atoms with E-state index in [-0.39, 0.29) is 12.2 Å². The van der Waals surface area contributed by atoms with Gasteiger partial charge in [0.1, 0.15) is 0 Å². The Balaban J connectivity index is 2.65. The van der Waals surface area contributed by atoms with Crippen molar-refractivity contribution in [1.82, 2.24) is 15.0 Å². The van der Waals surface area contributed by atoms with Gasteiger partial charge in [-0.25, -0.2) is 0 Å². The van der Waals surface area contributed by atoms with Crippen LogP contribution in [0.1, 0.15) is 19.5 Å². The highest BCUT2D eigenvalue weighted by molar-refractivity contribution is 5.88. The molecule has 0 radical (unpaired) electrons. The third-order valence-electron chi connectivity index (χ3n) is 1.71. The second-order valence-electron chi connectivity index (χ2n) is 3.65. The number of nitrogens with zero attached hydrogens (tertiary/aromatic N) is 3. The number of aromatic nitrogens is 3. The molecule has 0 unspecified atom stereocenters. The summed E-state index contributed by atoms with van der Waals surface area (Å²) < 4.78 is 0. The van der Waals surface area contributed by atoms with E-state index in [0.717, 1.165) is 0 Å². The quantitative estimate of drug-likeness (QED) is 0.694. The van der Waals surface area contributed by atoms with Crippen LogP contribution >= 0.6 is 0 Å². The molecule has 13 heavy (non-hydrogen) atoms. The number of rotatable bonds is 3. The van der Waals surface area contributed by atoms with Crippen LogP contribution in [0.3, 0.4) is 0 Å². The summed E-state index contributed by atoms with van der Waals surface area (Å²) in [4.78, 5) is 12.9. The van der Waals surface area contributed by atoms with Crippen LogP contribution in [-0.4, -0.2) is 26.3 Å². The molecule has 72 valence electrons. The molecular formula is C8H14N4O. The molecule has 0 aliphatic carbocycles. The smallest absolute Gasteiger partial charge is 0.158 e. The molecule has 0 saturated carbocycles. The van der Waals surface area contributed by atoms with Gasteiger partial charge in [-0.05, 0) is 13.8 Å². The molecule has 2 N–H and O–H groups in total. The Morgan fingerprint density at radius 1 is 1.69 bits per heavy atom. The molecule has 0 saturated heterocycles. The van der Waals surface area contributed by atoms with Crippen molar-refractivity contribution >= 4 is 5.78 Å². The number of nitrogens with two attached hydrogens (primary N) is 1. The monoisotopic (exact) mass is 182 g/mol. The van der Waals surface area contributed by atoms with E-state index in [1.807, 2.05) is 0 Å². The first-order chi connectivity index (χ1) is 5.89. The largest absolute Gasteiger partial charge is 0.319 e. The van der Waals surface area contributed by atoms with E-state index in [2.05, 4.69) is 10.2 Å². The van der Waals surface area contributed by atoms with Gasteiger partial charge in [0.05, 0.1) is 23.9 Å². The number of carbonyl (C=O) groups excluding carboxylic acids is 1. The van der Waals surface area contributed by atoms with Crippen molar-refractivity contribution in [2.45, 2.75) is 25.8 Å². The zero-order valence-electron chi connectivity index (χ0n) is 8.11. The molecule has 0 bridgehead atoms. The molecule has 0 amide bonds. The van der Waals surface area contributed by atoms with Crippen molar-refractivity contribution in [1.29, 1.82) is 0 Å². The van der Waals surface area contributed by atoms with Crippen molar-refractivity contribution < 1.29 is 4.79 Å². The summed E-state index contributed by atoms with van der Waals surface area (Å²) in [6.07, 6.45) is 1.82. The summed E-state index contributed by atoms with van der Waals surface area (Å²) >= 11 is 0. The Labute approximate surface area is 76.9 Å². The highest BCUT2D eigenvalue weighted by atomic mass is 16.1. The van der Waals surface area contributed by atoms with Crippen LogP contribution in [-0.2, 0) is 18.3 Å². The first kappa shape index (κ1) is 9.85. The van der Waals surface area contributed by atoms with Gasteiger partial charge >= 0.3 is 0 Å². The average molecular weight is 182 g/mol. The minimum Gasteiger partial charge on any atom is -0.319 e. The van der Waals surface area contributed by atoms with Gasteiger partial charge in [0.25, 0.3) is 0 Å². The van der Waals surface area contributed by atoms with Crippen molar-refractivity contribution in [2.75, 3.05) is 0 Å². The SMILES string of the molecule is Cn1ncc(CC(=O)C(C)(C)N)n1. The number of carbonyl (C=O) groups is 1. The lowest BCUT2D eigenvalue weighted by atomic mass is 9.97. The molecule has 0 aromatic carbocycles. The second-order valence-corrected chi connectivity index (χ2v) is 3.65. The van der Waals surface area contributed by atoms with Crippen molar-refractivity contribution in [2.24, 2.45) is 12.8 Å². The first-order valence-corrected chi connectivity index (χ1v) is 4.07. The molecule has 0 atom stereocenters. The third-order valence-corrected chi connectivity index (χ3v) is 1.71. The maximum absolute atomic E-state index is 11.4. The maximum Gasteiger partial charge on any atom is 0.158 e. The van der Waals surface area contributed by atoms with Gasteiger partial charge in [0.15, 0.2) is 5.78 Å². The molecular weight excluding hydrogens is 168 g/mol. The molecule has 1 aromatic rings. The lowest BCUT2D eigenvalue weighted by Crippen LogP contribution is -2.42. The van der Waals surface area contributed by atoms with Gasteiger partial charge in [-0.1, -0.05) is 0 Å². The van der Waals surface area contributed by atoms with Crippen LogP contribution in [0.15, 0.2) is 6.20 Å². The summed E-state index contributed by atoms with van der Waals surface area (Å²) in [6, 6.07) is 0. The second kappa shape index (κ2) is 3.26. The average Bonchev–Trinajstić information content (AvgIpc) is 2.33. The van der Waals surface area contributed by atoms with Crippen LogP contribution < -0.4 is 5.73 Å². The van der Waals surface area contributed by atoms with E-state index in [1.165, 1.54) is 4.80 Å². The Hall–Kier alpha value is -1.23. The van der Waals surface area contributed by atoms with E-state index in [4.69, 9.17) is 5.73 Å². The lowest BCUT2D eigenvalue weighted by molar-refractivity contribution is -0.122. The van der Waals surface area contributed by atoms with Gasteiger partial charge < -0.3 is 5.73 Å². The van der Waals surface area contributed by atoms with E-state index in [9.17, 15) is 4.79 Å². The highest BCUT2D eigenvalue weighted by Gasteiger charge is 2.22. The first-order valence-electron chi connectivity index (χ1n) is 4.07. The summed E-state index contributed by atoms with van der Waals surface area (Å²) in [5.41, 5.74) is 5.49. The molecule has 0 fully saturated rings. The van der Waals surface area contributed by atoms with Gasteiger partial charge in [-0.2, -0.15) is 15.0 Å². The van der Waals surface area contributed by atoms with Crippen LogP contribution in [0.2, 0.25) is 0 Å². The minimum atomic E-state index is -0.794. The topological polar surface area (TPSA) is 73.8 Å². The molecule has 1 aromatic heterocycles. The highest BCUT2D eigenvalue weighted by Crippen LogP contribution is 2.03. The third kappa shape index (κ3) is 2.62. The van der Waals surface area contributed by atoms with E-state index < -0.39 is 5.54 Å². The number of ketones is 1. The zero-order chi connectivity index (χ0) is 10.1. The van der Waals surface area contributed by atoms with Crippen LogP contribution in [0.5, 0.6) is 0 Å². The number of hydrogen-bond donors (Lipinski definition) is 1. The Morgan fingerprint density at radius 2 is 2.31 bits per heavy atom. The van der Waals surface area contributed by atoms with Gasteiger partial charge in [-0.15, -0.1) is 0 Å². The molecule has 5 heteroatoms. The fourth-order valence-corrected chi connectivity index (χ4v) is 0.861. The molecule has 1 rings (SSSR count). The lowest BCUT2D eigenvalue weighted by Gasteiger charge is -2.15. The fraction of sp³-hybridized carbons (Fsp3) is 0.625. The number of Topliss-reactive ketones (excluding diaryl/α,β-unsaturated/α-hetero) is 1. The maximum atomic E-state index is 11.4. The molecule has 5 nitrogen and oxygen atoms in total. The van der Waals surface area contributed by atoms with Gasteiger partial charge in [0.2, 0.25) is 0 Å². The number of hydrogen-bond acceptors (Lipinski definition) is 4. The van der Waals surface area contributed by atoms with E-state index >= 15 is 0 Å². The normalized spacial score (nSPS) is 11.7. The molecule has 0 aliphatic rings. The van der Waals surface area contributed by atoms with Gasteiger partial charge in [-0.3, -0.25) is 4.79 Å². The van der Waals surface area contributed by atoms with Crippen LogP contribution in [0, 0.1) is 0 Å². The zero-order valence-corrected chi connectivity index (χ0v) is 8.11. The molecule has 1 heterocycles. The Bertz CT molecular complexity index is 310. The van der Waals surface area contributed by atoms with Crippen LogP contribution in [0.25, 0.3) is 0 Å². The molecule has 0 spiro atoms. The molecule has 0 aliphatic heterocycles. The van der Waals surface area contributed by atoms with Crippen molar-refractivity contribution in [3.63, 3.8) is 0 Å². The van der Waals surface area contributed by atoms with Crippen molar-refractivity contribution in [3.8, 4) is 0 Å². The standard InChI is InChI=1S/C8H14N4O/c1-8(2,9)7(13)4-6-5-10-12(3)11-6/h5H,4,9H2,1-3H3. The Kier molecular flexibility index (Phi) is 2.47. The summed E-state index contributed by atoms with van der Waals surface area (Å²) in [7, 11) is 1.71. The van der Waals surface area contributed by atoms with Crippen molar-refractivity contribution in [3.05, 3.63) is 11.9 Å². The van der Waals surface area contributed by atoms with E-state index in [0.29, 0.717) is 5.69 Å². The minimum absolute atomic E-state index is 0.0343. The fourth-order valence-electron chi connectivity index (χ4n) is 0.861. The summed E-state index contributed by atoms with van der Waals surface area (Å²) in [5, 5.41) is 7.86. The predicted molar refractivity (Wildman–Crippen MR) is 48.0 cm³/mol. The Morgan fingerprint density at radius 3 is 2.69 bits per heavy atom.